The molecule has 1 unspecified atom stereocenters. The molecule has 9 heteroatoms. The average molecular weight is 626 g/mol. The molecule has 2 spiro atoms. The predicted octanol–water partition coefficient (Wildman–Crippen LogP) is 4.65. The van der Waals surface area contributed by atoms with Gasteiger partial charge in [-0.25, -0.2) is 0 Å². The number of carbonyl (C=O) groups excluding carboxylic acids is 3. The first kappa shape index (κ1) is 33.8. The molecule has 5 rings (SSSR count). The van der Waals surface area contributed by atoms with E-state index in [1.165, 1.54) is 12.8 Å². The van der Waals surface area contributed by atoms with Crippen LogP contribution in [0.2, 0.25) is 0 Å². The highest BCUT2D eigenvalue weighted by atomic mass is 16.3. The van der Waals surface area contributed by atoms with Gasteiger partial charge in [0.2, 0.25) is 17.7 Å². The highest BCUT2D eigenvalue weighted by molar-refractivity contribution is 5.92. The number of nitrogens with one attached hydrogen (secondary N) is 3. The number of rotatable bonds is 12. The number of hydrogen-bond donors (Lipinski definition) is 4. The zero-order valence-electron chi connectivity index (χ0n) is 28.4. The Kier molecular flexibility index (Phi) is 9.98. The number of likely N-dealkylation sites (tertiary alicyclic amines) is 2. The second-order valence-electron chi connectivity index (χ2n) is 15.6. The van der Waals surface area contributed by atoms with Gasteiger partial charge in [-0.2, -0.15) is 0 Å². The second kappa shape index (κ2) is 13.3. The van der Waals surface area contributed by atoms with Gasteiger partial charge in [-0.1, -0.05) is 66.0 Å². The van der Waals surface area contributed by atoms with Crippen LogP contribution >= 0.6 is 0 Å². The van der Waals surface area contributed by atoms with E-state index in [1.807, 2.05) is 6.92 Å². The molecule has 3 saturated carbocycles. The van der Waals surface area contributed by atoms with Gasteiger partial charge in [0.25, 0.3) is 0 Å². The van der Waals surface area contributed by atoms with Gasteiger partial charge in [0, 0.05) is 30.1 Å². The predicted molar refractivity (Wildman–Crippen MR) is 177 cm³/mol. The summed E-state index contributed by atoms with van der Waals surface area (Å²) in [5, 5.41) is 19.7. The Bertz CT molecular complexity index is 1160. The van der Waals surface area contributed by atoms with Crippen LogP contribution in [0.5, 0.6) is 0 Å². The first-order chi connectivity index (χ1) is 21.4. The maximum Gasteiger partial charge on any atom is 0.243 e. The lowest BCUT2D eigenvalue weighted by molar-refractivity contribution is -0.139. The van der Waals surface area contributed by atoms with E-state index in [0.717, 1.165) is 76.6 Å². The SMILES string of the molecule is C=C(N[C@H](C(=O)NCC(=O)N1CC2(C[C@H]1C(=O)N[C@H](CCC)C(=C)O)C(C)(C)C21CCC1)C1CCCCC1)[C@H]1CCCN(C)C1. The maximum atomic E-state index is 14.0. The van der Waals surface area contributed by atoms with E-state index in [9.17, 15) is 19.5 Å². The summed E-state index contributed by atoms with van der Waals surface area (Å²) in [6.07, 6.45) is 13.0. The summed E-state index contributed by atoms with van der Waals surface area (Å²) in [5.74, 6) is -0.175. The molecule has 4 N–H and O–H groups in total. The van der Waals surface area contributed by atoms with Gasteiger partial charge in [0.1, 0.15) is 17.8 Å². The Hall–Kier alpha value is -2.55. The Balaban J connectivity index is 1.29. The van der Waals surface area contributed by atoms with Gasteiger partial charge in [-0.15, -0.1) is 0 Å². The maximum absolute atomic E-state index is 14.0. The van der Waals surface area contributed by atoms with Crippen molar-refractivity contribution in [1.82, 2.24) is 25.8 Å². The molecule has 5 atom stereocenters. The van der Waals surface area contributed by atoms with Crippen LogP contribution in [0.4, 0.5) is 0 Å². The fraction of sp³-hybridized carbons (Fsp3) is 0.806. The summed E-state index contributed by atoms with van der Waals surface area (Å²) >= 11 is 0. The Morgan fingerprint density at radius 3 is 2.27 bits per heavy atom. The molecule has 0 aromatic rings. The highest BCUT2D eigenvalue weighted by Crippen LogP contribution is 2.88. The zero-order valence-corrected chi connectivity index (χ0v) is 28.4. The lowest BCUT2D eigenvalue weighted by atomic mass is 9.73. The average Bonchev–Trinajstić information content (AvgIpc) is 3.21. The molecule has 5 aliphatic rings. The third-order valence-electron chi connectivity index (χ3n) is 13.0. The van der Waals surface area contributed by atoms with Crippen molar-refractivity contribution in [2.75, 3.05) is 33.2 Å². The van der Waals surface area contributed by atoms with Gasteiger partial charge in [-0.3, -0.25) is 14.4 Å². The Labute approximate surface area is 271 Å². The molecule has 5 fully saturated rings. The minimum absolute atomic E-state index is 0.0437. The van der Waals surface area contributed by atoms with E-state index in [0.29, 0.717) is 25.3 Å². The fourth-order valence-electron chi connectivity index (χ4n) is 9.98. The number of piperidine rings is 1. The molecular weight excluding hydrogens is 566 g/mol. The van der Waals surface area contributed by atoms with Gasteiger partial charge < -0.3 is 30.9 Å². The second-order valence-corrected chi connectivity index (χ2v) is 15.6. The monoisotopic (exact) mass is 625 g/mol. The molecular formula is C36H59N5O4. The van der Waals surface area contributed by atoms with Crippen molar-refractivity contribution in [3.63, 3.8) is 0 Å². The van der Waals surface area contributed by atoms with Crippen molar-refractivity contribution in [2.45, 2.75) is 122 Å². The van der Waals surface area contributed by atoms with Crippen molar-refractivity contribution < 1.29 is 19.5 Å². The van der Waals surface area contributed by atoms with E-state index in [-0.39, 0.29) is 52.2 Å². The molecule has 0 aromatic carbocycles. The number of fused-ring (bicyclic) bond motifs is 1. The van der Waals surface area contributed by atoms with Crippen LogP contribution in [0.3, 0.4) is 0 Å². The molecule has 0 aromatic heterocycles. The highest BCUT2D eigenvalue weighted by Gasteiger charge is 2.85. The number of hydrogen-bond acceptors (Lipinski definition) is 6. The molecule has 2 saturated heterocycles. The van der Waals surface area contributed by atoms with E-state index in [2.05, 4.69) is 54.9 Å². The summed E-state index contributed by atoms with van der Waals surface area (Å²) in [5.41, 5.74) is 1.03. The van der Waals surface area contributed by atoms with E-state index in [4.69, 9.17) is 0 Å². The van der Waals surface area contributed by atoms with Crippen LogP contribution in [-0.2, 0) is 14.4 Å². The molecule has 3 amide bonds. The Morgan fingerprint density at radius 2 is 1.69 bits per heavy atom. The number of aliphatic hydroxyl groups excluding tert-OH is 1. The molecule has 45 heavy (non-hydrogen) atoms. The fourth-order valence-corrected chi connectivity index (χ4v) is 9.98. The van der Waals surface area contributed by atoms with Crippen LogP contribution in [0.15, 0.2) is 24.6 Å². The summed E-state index contributed by atoms with van der Waals surface area (Å²) in [6.45, 7) is 17.0. The molecule has 3 aliphatic carbocycles. The molecule has 2 heterocycles. The van der Waals surface area contributed by atoms with E-state index in [1.54, 1.807) is 4.90 Å². The third kappa shape index (κ3) is 6.15. The lowest BCUT2D eigenvalue weighted by Gasteiger charge is -2.36. The quantitative estimate of drug-likeness (QED) is 0.235. The first-order valence-corrected chi connectivity index (χ1v) is 17.8. The molecule has 2 aliphatic heterocycles. The normalized spacial score (nSPS) is 30.3. The van der Waals surface area contributed by atoms with Gasteiger partial charge >= 0.3 is 0 Å². The van der Waals surface area contributed by atoms with Gasteiger partial charge in [-0.05, 0) is 81.7 Å². The van der Waals surface area contributed by atoms with Gasteiger partial charge in [0.15, 0.2) is 0 Å². The van der Waals surface area contributed by atoms with Crippen molar-refractivity contribution in [2.24, 2.45) is 28.1 Å². The van der Waals surface area contributed by atoms with Crippen molar-refractivity contribution >= 4 is 17.7 Å². The minimum atomic E-state index is -0.636. The van der Waals surface area contributed by atoms with Crippen LogP contribution < -0.4 is 16.0 Å². The molecule has 9 nitrogen and oxygen atoms in total. The smallest absolute Gasteiger partial charge is 0.243 e. The van der Waals surface area contributed by atoms with Gasteiger partial charge in [0.05, 0.1) is 12.6 Å². The van der Waals surface area contributed by atoms with Crippen molar-refractivity contribution in [3.8, 4) is 0 Å². The van der Waals surface area contributed by atoms with Crippen LogP contribution in [0.25, 0.3) is 0 Å². The van der Waals surface area contributed by atoms with Crippen molar-refractivity contribution in [3.05, 3.63) is 24.6 Å². The van der Waals surface area contributed by atoms with E-state index >= 15 is 0 Å². The largest absolute Gasteiger partial charge is 0.511 e. The van der Waals surface area contributed by atoms with Crippen molar-refractivity contribution in [1.29, 1.82) is 0 Å². The van der Waals surface area contributed by atoms with Crippen LogP contribution in [0.1, 0.15) is 104 Å². The third-order valence-corrected chi connectivity index (χ3v) is 13.0. The standard InChI is InChI=1S/C36H59N5O4/c1-7-13-28(25(3)42)39-32(44)29-20-36(34(4,5)35(36)17-12-18-35)23-41(29)30(43)21-37-33(45)31(26-14-9-8-10-15-26)38-24(2)27-16-11-19-40(6)22-27/h26-29,31,38,42H,2-3,7-23H2,1,4-6H3,(H,37,45)(H,39,44)/t27-,28+,29-,31-,36?/m0/s1. The summed E-state index contributed by atoms with van der Waals surface area (Å²) in [4.78, 5) is 45.6. The topological polar surface area (TPSA) is 114 Å². The molecule has 252 valence electrons. The van der Waals surface area contributed by atoms with E-state index < -0.39 is 18.1 Å². The summed E-state index contributed by atoms with van der Waals surface area (Å²) < 4.78 is 0. The number of aliphatic hydroxyl groups is 1. The Morgan fingerprint density at radius 1 is 0.978 bits per heavy atom. The number of carbonyl (C=O) groups is 3. The molecule has 0 bridgehead atoms. The number of nitrogens with zero attached hydrogens (tertiary/aromatic N) is 2. The minimum Gasteiger partial charge on any atom is -0.511 e. The lowest BCUT2D eigenvalue weighted by Crippen LogP contribution is -2.54. The van der Waals surface area contributed by atoms with Crippen LogP contribution in [-0.4, -0.2) is 84.0 Å². The first-order valence-electron chi connectivity index (χ1n) is 17.8. The number of amides is 3. The summed E-state index contributed by atoms with van der Waals surface area (Å²) in [7, 11) is 2.13. The zero-order chi connectivity index (χ0) is 32.6. The molecule has 0 radical (unpaired) electrons. The van der Waals surface area contributed by atoms with Crippen LogP contribution in [0, 0.1) is 28.1 Å². The summed E-state index contributed by atoms with van der Waals surface area (Å²) in [6, 6.07) is -1.60.